The van der Waals surface area contributed by atoms with E-state index in [2.05, 4.69) is 41.2 Å². The molecule has 4 N–H and O–H groups in total. The summed E-state index contributed by atoms with van der Waals surface area (Å²) in [6.07, 6.45) is 11.8. The Labute approximate surface area is 322 Å². The van der Waals surface area contributed by atoms with Crippen LogP contribution in [0.25, 0.3) is 5.65 Å². The number of nitrogens with zero attached hydrogens (tertiary/aromatic N) is 5. The average molecular weight is 771 g/mol. The van der Waals surface area contributed by atoms with Crippen molar-refractivity contribution in [2.24, 2.45) is 16.1 Å². The molecule has 1 spiro atoms. The lowest BCUT2D eigenvalue weighted by Crippen LogP contribution is -2.42. The van der Waals surface area contributed by atoms with Gasteiger partial charge in [-0.3, -0.25) is 13.9 Å². The largest absolute Gasteiger partial charge is 0.491 e. The minimum atomic E-state index is -3.57. The third-order valence-electron chi connectivity index (χ3n) is 10.4. The number of allylic oxidation sites excluding steroid dienone is 1. The molecule has 292 valence electrons. The lowest BCUT2D eigenvalue weighted by atomic mass is 9.85. The third-order valence-corrected chi connectivity index (χ3v) is 11.0. The highest BCUT2D eigenvalue weighted by Crippen LogP contribution is 2.50. The minimum absolute atomic E-state index is 0.0248. The zero-order valence-corrected chi connectivity index (χ0v) is 32.6. The van der Waals surface area contributed by atoms with Crippen LogP contribution in [0.15, 0.2) is 83.6 Å². The van der Waals surface area contributed by atoms with E-state index in [0.29, 0.717) is 30.0 Å². The maximum absolute atomic E-state index is 13.6. The van der Waals surface area contributed by atoms with Gasteiger partial charge in [0.05, 0.1) is 24.2 Å². The number of amides is 2. The number of nitrogens with two attached hydrogens (primary N) is 1. The summed E-state index contributed by atoms with van der Waals surface area (Å²) < 4.78 is 41.7. The van der Waals surface area contributed by atoms with Crippen LogP contribution in [0.3, 0.4) is 0 Å². The molecule has 2 fully saturated rings. The summed E-state index contributed by atoms with van der Waals surface area (Å²) in [6, 6.07) is 18.2. The number of carbonyl (C=O) groups is 1. The van der Waals surface area contributed by atoms with Gasteiger partial charge >= 0.3 is 6.03 Å². The molecule has 2 aromatic heterocycles. The number of aromatic nitrogens is 3. The Balaban J connectivity index is 1.05. The molecule has 0 unspecified atom stereocenters. The van der Waals surface area contributed by atoms with Crippen molar-refractivity contribution >= 4 is 39.3 Å². The second-order valence-electron chi connectivity index (χ2n) is 15.6. The SMILES string of the molecule is CC(C)(C)C(N)=CC(=Nc1cccc(OCCOS(C)(=O)=O)c1)NC(=O)N[C@H]1CC[C@@H](Oc2ccc3nnc(N4CCCCC45CC5)n3c2)c2ccccc21. The molecule has 0 radical (unpaired) electrons. The number of fused-ring (bicyclic) bond motifs is 2. The van der Waals surface area contributed by atoms with E-state index < -0.39 is 16.1 Å². The van der Waals surface area contributed by atoms with Crippen LogP contribution in [0.2, 0.25) is 0 Å². The van der Waals surface area contributed by atoms with Gasteiger partial charge in [-0.05, 0) is 80.3 Å². The van der Waals surface area contributed by atoms with Crippen molar-refractivity contribution in [3.63, 3.8) is 0 Å². The van der Waals surface area contributed by atoms with Gasteiger partial charge in [-0.25, -0.2) is 9.79 Å². The van der Waals surface area contributed by atoms with E-state index >= 15 is 0 Å². The highest BCUT2D eigenvalue weighted by atomic mass is 32.2. The normalized spacial score (nSPS) is 19.9. The summed E-state index contributed by atoms with van der Waals surface area (Å²) in [6.45, 7) is 6.82. The van der Waals surface area contributed by atoms with Gasteiger partial charge in [0.15, 0.2) is 5.65 Å². The topological polar surface area (TPSA) is 175 Å². The molecule has 14 nitrogen and oxygen atoms in total. The van der Waals surface area contributed by atoms with E-state index in [4.69, 9.17) is 19.4 Å². The quantitative estimate of drug-likeness (QED) is 0.0663. The zero-order valence-electron chi connectivity index (χ0n) is 31.8. The molecule has 15 heteroatoms. The first kappa shape index (κ1) is 38.1. The lowest BCUT2D eigenvalue weighted by molar-refractivity contribution is 0.171. The van der Waals surface area contributed by atoms with Crippen molar-refractivity contribution in [3.05, 3.63) is 89.8 Å². The van der Waals surface area contributed by atoms with E-state index in [9.17, 15) is 13.2 Å². The Bertz CT molecular complexity index is 2210. The van der Waals surface area contributed by atoms with Crippen molar-refractivity contribution in [1.29, 1.82) is 0 Å². The van der Waals surface area contributed by atoms with Crippen molar-refractivity contribution in [3.8, 4) is 11.5 Å². The van der Waals surface area contributed by atoms with Crippen LogP contribution in [-0.4, -0.2) is 66.4 Å². The van der Waals surface area contributed by atoms with E-state index in [1.807, 2.05) is 57.3 Å². The summed E-state index contributed by atoms with van der Waals surface area (Å²) in [7, 11) is -3.57. The highest BCUT2D eigenvalue weighted by molar-refractivity contribution is 7.85. The van der Waals surface area contributed by atoms with Gasteiger partial charge in [0, 0.05) is 35.3 Å². The van der Waals surface area contributed by atoms with Crippen LogP contribution in [0.1, 0.15) is 89.0 Å². The Morgan fingerprint density at radius 2 is 1.80 bits per heavy atom. The number of pyridine rings is 1. The number of urea groups is 1. The number of benzene rings is 2. The summed E-state index contributed by atoms with van der Waals surface area (Å²) in [5.74, 6) is 2.33. The maximum Gasteiger partial charge on any atom is 0.320 e. The molecule has 2 atom stereocenters. The maximum atomic E-state index is 13.6. The van der Waals surface area contributed by atoms with Crippen LogP contribution < -0.4 is 30.7 Å². The number of rotatable bonds is 11. The fraction of sp³-hybridized carbons (Fsp3) is 0.450. The minimum Gasteiger partial charge on any atom is -0.491 e. The second kappa shape index (κ2) is 15.5. The van der Waals surface area contributed by atoms with Crippen molar-refractivity contribution in [1.82, 2.24) is 25.2 Å². The van der Waals surface area contributed by atoms with E-state index in [-0.39, 0.29) is 42.1 Å². The number of amidine groups is 1. The smallest absolute Gasteiger partial charge is 0.320 e. The molecule has 0 bridgehead atoms. The molecule has 2 aromatic carbocycles. The fourth-order valence-corrected chi connectivity index (χ4v) is 7.64. The molecule has 2 aliphatic carbocycles. The van der Waals surface area contributed by atoms with Crippen molar-refractivity contribution < 1.29 is 26.9 Å². The highest BCUT2D eigenvalue weighted by Gasteiger charge is 2.50. The average Bonchev–Trinajstić information content (AvgIpc) is 3.78. The predicted molar refractivity (Wildman–Crippen MR) is 211 cm³/mol. The van der Waals surface area contributed by atoms with Crippen molar-refractivity contribution in [2.45, 2.75) is 83.4 Å². The monoisotopic (exact) mass is 770 g/mol. The van der Waals surface area contributed by atoms with Crippen LogP contribution in [0.4, 0.5) is 16.4 Å². The fourth-order valence-electron chi connectivity index (χ4n) is 7.27. The number of hydrogen-bond donors (Lipinski definition) is 3. The number of carbonyl (C=O) groups excluding carboxylic acids is 1. The third kappa shape index (κ3) is 9.22. The van der Waals surface area contributed by atoms with Gasteiger partial charge in [-0.1, -0.05) is 51.1 Å². The Hall–Kier alpha value is -5.15. The molecule has 1 aliphatic heterocycles. The molecular weight excluding hydrogens is 721 g/mol. The Kier molecular flexibility index (Phi) is 10.8. The molecule has 1 saturated carbocycles. The van der Waals surface area contributed by atoms with E-state index in [1.165, 1.54) is 25.7 Å². The van der Waals surface area contributed by atoms with Crippen LogP contribution >= 0.6 is 0 Å². The molecule has 4 aromatic rings. The van der Waals surface area contributed by atoms with Crippen molar-refractivity contribution in [2.75, 3.05) is 30.9 Å². The first-order valence-electron chi connectivity index (χ1n) is 18.9. The lowest BCUT2D eigenvalue weighted by Gasteiger charge is -2.36. The molecule has 3 aliphatic rings. The van der Waals surface area contributed by atoms with Gasteiger partial charge in [0.25, 0.3) is 10.1 Å². The van der Waals surface area contributed by atoms with Crippen LogP contribution in [0, 0.1) is 5.41 Å². The number of ether oxygens (including phenoxy) is 2. The first-order chi connectivity index (χ1) is 26.3. The number of piperidine rings is 1. The molecule has 7 rings (SSSR count). The second-order valence-corrected chi connectivity index (χ2v) is 17.3. The summed E-state index contributed by atoms with van der Waals surface area (Å²) in [4.78, 5) is 20.8. The molecule has 1 saturated heterocycles. The Morgan fingerprint density at radius 3 is 2.56 bits per heavy atom. The predicted octanol–water partition coefficient (Wildman–Crippen LogP) is 6.48. The van der Waals surface area contributed by atoms with Gasteiger partial charge < -0.3 is 25.4 Å². The standard InChI is InChI=1S/C40H50N8O6S/c1-39(2,3)34(41)25-35(42-27-10-9-11-28(24-27)52-22-23-53-55(4,50)51)44-37(49)43-32-15-16-33(31-13-6-5-12-30(31)32)54-29-14-17-36-45-46-38(47(36)26-29)48-21-8-7-18-40(48)19-20-40/h5-6,9-14,17,24-26,32-33H,7-8,15-16,18-23,41H2,1-4H3,(H2,42,43,44,49)/t32-,33+/m0/s1. The number of aliphatic imine (C=N–C) groups is 1. The molecular formula is C40H50N8O6S. The number of anilines is 1. The first-order valence-corrected chi connectivity index (χ1v) is 20.7. The van der Waals surface area contributed by atoms with E-state index in [1.54, 1.807) is 30.3 Å². The van der Waals surface area contributed by atoms with E-state index in [0.717, 1.165) is 47.7 Å². The van der Waals surface area contributed by atoms with Gasteiger partial charge in [0.1, 0.15) is 36.7 Å². The zero-order chi connectivity index (χ0) is 38.8. The summed E-state index contributed by atoms with van der Waals surface area (Å²) >= 11 is 0. The van der Waals surface area contributed by atoms with Crippen LogP contribution in [0.5, 0.6) is 11.5 Å². The number of hydrogen-bond acceptors (Lipinski definition) is 11. The number of nitrogens with one attached hydrogen (secondary N) is 2. The molecule has 3 heterocycles. The van der Waals surface area contributed by atoms with Gasteiger partial charge in [0.2, 0.25) is 5.95 Å². The molecule has 55 heavy (non-hydrogen) atoms. The Morgan fingerprint density at radius 1 is 1.00 bits per heavy atom. The summed E-state index contributed by atoms with van der Waals surface area (Å²) in [5.41, 5.74) is 10.1. The van der Waals surface area contributed by atoms with Crippen LogP contribution in [-0.2, 0) is 14.3 Å². The van der Waals surface area contributed by atoms with Gasteiger partial charge in [-0.15, -0.1) is 10.2 Å². The molecule has 2 amide bonds. The van der Waals surface area contributed by atoms with Gasteiger partial charge in [-0.2, -0.15) is 8.42 Å². The summed E-state index contributed by atoms with van der Waals surface area (Å²) in [5, 5.41) is 15.1.